The smallest absolute Gasteiger partial charge is 0.213 e. The number of alkyl halides is 3. The van der Waals surface area contributed by atoms with Gasteiger partial charge in [0, 0.05) is 12.6 Å². The molecule has 4 nitrogen and oxygen atoms in total. The second-order valence-electron chi connectivity index (χ2n) is 5.56. The first-order valence-corrected chi connectivity index (χ1v) is 9.11. The minimum absolute atomic E-state index is 0.340. The van der Waals surface area contributed by atoms with Gasteiger partial charge in [-0.2, -0.15) is 5.10 Å². The summed E-state index contributed by atoms with van der Waals surface area (Å²) >= 11 is 24.6. The molecule has 1 atom stereocenters. The second kappa shape index (κ2) is 8.11. The van der Waals surface area contributed by atoms with E-state index in [0.29, 0.717) is 30.5 Å². The molecule has 132 valence electrons. The number of rotatable bonds is 5. The molecular weight excluding hydrogens is 404 g/mol. The van der Waals surface area contributed by atoms with Gasteiger partial charge in [-0.05, 0) is 17.7 Å². The summed E-state index contributed by atoms with van der Waals surface area (Å²) in [4.78, 5) is 4.26. The monoisotopic (exact) mass is 417 g/mol. The summed E-state index contributed by atoms with van der Waals surface area (Å²) < 4.78 is 4.20. The highest BCUT2D eigenvalue weighted by molar-refractivity contribution is 6.68. The fraction of sp³-hybridized carbons (Fsp3) is 0.294. The van der Waals surface area contributed by atoms with Gasteiger partial charge in [0.25, 0.3) is 0 Å². The van der Waals surface area contributed by atoms with Crippen LogP contribution in [0.4, 0.5) is 5.82 Å². The molecule has 1 aliphatic rings. The fourth-order valence-electron chi connectivity index (χ4n) is 2.52. The van der Waals surface area contributed by atoms with Gasteiger partial charge in [0.2, 0.25) is 3.79 Å². The van der Waals surface area contributed by atoms with E-state index in [9.17, 15) is 0 Å². The molecular formula is C17H15Cl4N3O. The number of anilines is 1. The Labute approximate surface area is 166 Å². The van der Waals surface area contributed by atoms with E-state index in [0.717, 1.165) is 11.3 Å². The minimum atomic E-state index is -1.54. The first-order valence-electron chi connectivity index (χ1n) is 7.59. The van der Waals surface area contributed by atoms with Crippen molar-refractivity contribution in [2.24, 2.45) is 5.10 Å². The number of halogens is 4. The van der Waals surface area contributed by atoms with Crippen molar-refractivity contribution >= 4 is 57.9 Å². The number of hydrogen-bond acceptors (Lipinski definition) is 4. The van der Waals surface area contributed by atoms with Crippen molar-refractivity contribution in [3.63, 3.8) is 0 Å². The fourth-order valence-corrected chi connectivity index (χ4v) is 3.23. The molecule has 0 aliphatic carbocycles. The molecule has 0 N–H and O–H groups in total. The van der Waals surface area contributed by atoms with Crippen molar-refractivity contribution < 1.29 is 4.74 Å². The van der Waals surface area contributed by atoms with Crippen LogP contribution in [0.5, 0.6) is 0 Å². The van der Waals surface area contributed by atoms with E-state index in [4.69, 9.17) is 51.1 Å². The molecule has 0 radical (unpaired) electrons. The maximum Gasteiger partial charge on any atom is 0.213 e. The molecule has 25 heavy (non-hydrogen) atoms. The number of hydrogen-bond donors (Lipinski definition) is 0. The van der Waals surface area contributed by atoms with Crippen LogP contribution < -0.4 is 5.01 Å². The molecule has 0 fully saturated rings. The molecule has 2 heterocycles. The number of aromatic nitrogens is 1. The quantitative estimate of drug-likeness (QED) is 0.621. The molecule has 0 bridgehead atoms. The summed E-state index contributed by atoms with van der Waals surface area (Å²) in [6.45, 7) is 0.829. The van der Waals surface area contributed by atoms with Gasteiger partial charge in [0.1, 0.15) is 6.04 Å². The lowest BCUT2D eigenvalue weighted by Gasteiger charge is -2.28. The Morgan fingerprint density at radius 1 is 1.08 bits per heavy atom. The van der Waals surface area contributed by atoms with Gasteiger partial charge in [-0.1, -0.05) is 76.7 Å². The topological polar surface area (TPSA) is 37.7 Å². The van der Waals surface area contributed by atoms with Gasteiger partial charge in [0.15, 0.2) is 5.82 Å². The van der Waals surface area contributed by atoms with Gasteiger partial charge in [0.05, 0.1) is 23.9 Å². The standard InChI is InChI=1S/C17H15Cl4N3O/c18-14-7-4-8-22-16(14)24-15(17(19,20)21)9-13(23-24)11-25-10-12-5-2-1-3-6-12/h1-8,15H,9-11H2. The molecule has 3 rings (SSSR count). The van der Waals surface area contributed by atoms with Crippen LogP contribution in [0.2, 0.25) is 5.02 Å². The molecule has 1 unspecified atom stereocenters. The van der Waals surface area contributed by atoms with Gasteiger partial charge < -0.3 is 4.74 Å². The Morgan fingerprint density at radius 3 is 2.52 bits per heavy atom. The summed E-state index contributed by atoms with van der Waals surface area (Å²) in [5.74, 6) is 0.457. The van der Waals surface area contributed by atoms with Gasteiger partial charge in [-0.25, -0.2) is 9.99 Å². The maximum absolute atomic E-state index is 6.22. The van der Waals surface area contributed by atoms with Crippen LogP contribution in [0.1, 0.15) is 12.0 Å². The predicted octanol–water partition coefficient (Wildman–Crippen LogP) is 5.26. The Kier molecular flexibility index (Phi) is 6.08. The highest BCUT2D eigenvalue weighted by atomic mass is 35.6. The highest BCUT2D eigenvalue weighted by Crippen LogP contribution is 2.41. The number of nitrogens with zero attached hydrogens (tertiary/aromatic N) is 3. The lowest BCUT2D eigenvalue weighted by molar-refractivity contribution is 0.157. The molecule has 0 spiro atoms. The molecule has 0 saturated heterocycles. The van der Waals surface area contributed by atoms with Crippen molar-refractivity contribution in [3.8, 4) is 0 Å². The van der Waals surface area contributed by atoms with E-state index >= 15 is 0 Å². The number of benzene rings is 1. The predicted molar refractivity (Wildman–Crippen MR) is 104 cm³/mol. The van der Waals surface area contributed by atoms with Gasteiger partial charge in [-0.3, -0.25) is 0 Å². The van der Waals surface area contributed by atoms with Crippen LogP contribution in [0.15, 0.2) is 53.8 Å². The van der Waals surface area contributed by atoms with Crippen LogP contribution in [-0.4, -0.2) is 27.1 Å². The van der Waals surface area contributed by atoms with Gasteiger partial charge in [-0.15, -0.1) is 0 Å². The zero-order valence-corrected chi connectivity index (χ0v) is 16.1. The average Bonchev–Trinajstić information content (AvgIpc) is 3.01. The van der Waals surface area contributed by atoms with Crippen molar-refractivity contribution in [1.82, 2.24) is 4.98 Å². The SMILES string of the molecule is Clc1cccnc1N1N=C(COCc2ccccc2)CC1C(Cl)(Cl)Cl. The zero-order chi connectivity index (χ0) is 17.9. The van der Waals surface area contributed by atoms with E-state index < -0.39 is 9.83 Å². The lowest BCUT2D eigenvalue weighted by atomic mass is 10.1. The summed E-state index contributed by atoms with van der Waals surface area (Å²) in [5.41, 5.74) is 1.86. The third-order valence-electron chi connectivity index (χ3n) is 3.69. The summed E-state index contributed by atoms with van der Waals surface area (Å²) in [7, 11) is 0. The molecule has 1 aliphatic heterocycles. The minimum Gasteiger partial charge on any atom is -0.371 e. The van der Waals surface area contributed by atoms with Crippen molar-refractivity contribution in [2.75, 3.05) is 11.6 Å². The normalized spacial score (nSPS) is 17.7. The van der Waals surface area contributed by atoms with Crippen LogP contribution in [0.3, 0.4) is 0 Å². The highest BCUT2D eigenvalue weighted by Gasteiger charge is 2.43. The molecule has 1 aromatic heterocycles. The van der Waals surface area contributed by atoms with Crippen LogP contribution in [0.25, 0.3) is 0 Å². The number of pyridine rings is 1. The molecule has 2 aromatic rings. The Bertz CT molecular complexity index is 749. The van der Waals surface area contributed by atoms with Gasteiger partial charge >= 0.3 is 0 Å². The maximum atomic E-state index is 6.22. The third-order valence-corrected chi connectivity index (χ3v) is 4.74. The Balaban J connectivity index is 1.72. The average molecular weight is 419 g/mol. The first-order chi connectivity index (χ1) is 11.9. The van der Waals surface area contributed by atoms with Crippen LogP contribution in [0, 0.1) is 0 Å². The van der Waals surface area contributed by atoms with Crippen molar-refractivity contribution in [3.05, 3.63) is 59.2 Å². The third kappa shape index (κ3) is 4.78. The van der Waals surface area contributed by atoms with Crippen LogP contribution >= 0.6 is 46.4 Å². The summed E-state index contributed by atoms with van der Waals surface area (Å²) in [5, 5.41) is 6.53. The molecule has 0 saturated carbocycles. The number of hydrazone groups is 1. The molecule has 0 amide bonds. The lowest BCUT2D eigenvalue weighted by Crippen LogP contribution is -2.38. The zero-order valence-electron chi connectivity index (χ0n) is 13.1. The summed E-state index contributed by atoms with van der Waals surface area (Å²) in [6, 6.07) is 12.9. The van der Waals surface area contributed by atoms with E-state index in [1.807, 2.05) is 30.3 Å². The second-order valence-corrected chi connectivity index (χ2v) is 8.34. The largest absolute Gasteiger partial charge is 0.371 e. The van der Waals surface area contributed by atoms with E-state index in [1.165, 1.54) is 0 Å². The summed E-state index contributed by atoms with van der Waals surface area (Å²) in [6.07, 6.45) is 2.08. The van der Waals surface area contributed by atoms with E-state index in [1.54, 1.807) is 23.3 Å². The van der Waals surface area contributed by atoms with Crippen molar-refractivity contribution in [2.45, 2.75) is 22.9 Å². The first kappa shape index (κ1) is 18.7. The van der Waals surface area contributed by atoms with Crippen LogP contribution in [-0.2, 0) is 11.3 Å². The van der Waals surface area contributed by atoms with E-state index in [-0.39, 0.29) is 0 Å². The number of ether oxygens (including phenoxy) is 1. The molecule has 1 aromatic carbocycles. The van der Waals surface area contributed by atoms with Crippen molar-refractivity contribution in [1.29, 1.82) is 0 Å². The Morgan fingerprint density at radius 2 is 1.84 bits per heavy atom. The van der Waals surface area contributed by atoms with E-state index in [2.05, 4.69) is 10.1 Å². The Hall–Kier alpha value is -1.04. The molecule has 8 heteroatoms.